The Labute approximate surface area is 153 Å². The van der Waals surface area contributed by atoms with Gasteiger partial charge in [0.2, 0.25) is 10.0 Å². The number of aliphatic hydroxyl groups is 1. The second-order valence-corrected chi connectivity index (χ2v) is 8.61. The molecule has 0 aromatic heterocycles. The van der Waals surface area contributed by atoms with Crippen molar-refractivity contribution in [3.05, 3.63) is 41.4 Å². The number of rotatable bonds is 8. The number of hydrogen-bond donors (Lipinski definition) is 2. The molecule has 6 nitrogen and oxygen atoms in total. The molecule has 0 aliphatic heterocycles. The van der Waals surface area contributed by atoms with Crippen molar-refractivity contribution in [1.29, 1.82) is 0 Å². The summed E-state index contributed by atoms with van der Waals surface area (Å²) in [5.41, 5.74) is 5.39. The Morgan fingerprint density at radius 3 is 2.44 bits per heavy atom. The SMILES string of the molecule is CN(CCN(C)S(=O)(=O)c1ccc2cc(Cl)ccc2c1)CC(O)CN. The molecule has 25 heavy (non-hydrogen) atoms. The van der Waals surface area contributed by atoms with Crippen LogP contribution >= 0.6 is 11.6 Å². The molecule has 3 N–H and O–H groups in total. The first-order valence-corrected chi connectivity index (χ1v) is 9.78. The molecule has 0 radical (unpaired) electrons. The van der Waals surface area contributed by atoms with Crippen molar-refractivity contribution in [1.82, 2.24) is 9.21 Å². The minimum atomic E-state index is -3.58. The van der Waals surface area contributed by atoms with Gasteiger partial charge in [0.05, 0.1) is 11.0 Å². The largest absolute Gasteiger partial charge is 0.390 e. The van der Waals surface area contributed by atoms with Gasteiger partial charge in [-0.25, -0.2) is 8.42 Å². The van der Waals surface area contributed by atoms with E-state index in [0.717, 1.165) is 10.8 Å². The molecule has 0 spiro atoms. The molecule has 0 amide bonds. The van der Waals surface area contributed by atoms with Gasteiger partial charge >= 0.3 is 0 Å². The van der Waals surface area contributed by atoms with Crippen LogP contribution in [0.3, 0.4) is 0 Å². The standard InChI is InChI=1S/C17H24ClN3O3S/c1-20(12-16(22)11-19)7-8-21(2)25(23,24)17-6-4-13-9-15(18)5-3-14(13)10-17/h3-6,9-10,16,22H,7-8,11-12,19H2,1-2H3. The summed E-state index contributed by atoms with van der Waals surface area (Å²) in [7, 11) is -0.215. The topological polar surface area (TPSA) is 86.9 Å². The van der Waals surface area contributed by atoms with Gasteiger partial charge in [0.15, 0.2) is 0 Å². The normalized spacial score (nSPS) is 13.7. The highest BCUT2D eigenvalue weighted by molar-refractivity contribution is 7.89. The number of benzene rings is 2. The lowest BCUT2D eigenvalue weighted by molar-refractivity contribution is 0.130. The molecule has 1 unspecified atom stereocenters. The highest BCUT2D eigenvalue weighted by Gasteiger charge is 2.21. The van der Waals surface area contributed by atoms with E-state index in [2.05, 4.69) is 0 Å². The van der Waals surface area contributed by atoms with Gasteiger partial charge in [-0.05, 0) is 42.1 Å². The molecule has 0 heterocycles. The van der Waals surface area contributed by atoms with E-state index in [-0.39, 0.29) is 11.4 Å². The number of nitrogens with two attached hydrogens (primary N) is 1. The van der Waals surface area contributed by atoms with Crippen LogP contribution in [0.15, 0.2) is 41.3 Å². The van der Waals surface area contributed by atoms with E-state index in [0.29, 0.717) is 24.7 Å². The third-order valence-corrected chi connectivity index (χ3v) is 6.16. The average molecular weight is 386 g/mol. The van der Waals surface area contributed by atoms with E-state index in [1.54, 1.807) is 43.4 Å². The molecular weight excluding hydrogens is 362 g/mol. The first kappa shape index (κ1) is 20.1. The Hall–Kier alpha value is -1.22. The first-order valence-electron chi connectivity index (χ1n) is 7.96. The van der Waals surface area contributed by atoms with Crippen LogP contribution in [0.4, 0.5) is 0 Å². The van der Waals surface area contributed by atoms with Crippen molar-refractivity contribution in [3.63, 3.8) is 0 Å². The van der Waals surface area contributed by atoms with Crippen molar-refractivity contribution in [2.24, 2.45) is 5.73 Å². The molecule has 2 aromatic carbocycles. The van der Waals surface area contributed by atoms with Gasteiger partial charge in [-0.3, -0.25) is 0 Å². The fourth-order valence-electron chi connectivity index (χ4n) is 2.49. The average Bonchev–Trinajstić information content (AvgIpc) is 2.58. The number of fused-ring (bicyclic) bond motifs is 1. The summed E-state index contributed by atoms with van der Waals surface area (Å²) >= 11 is 5.96. The zero-order valence-electron chi connectivity index (χ0n) is 14.4. The minimum absolute atomic E-state index is 0.180. The molecule has 0 aliphatic carbocycles. The lowest BCUT2D eigenvalue weighted by Gasteiger charge is -2.23. The van der Waals surface area contributed by atoms with E-state index in [4.69, 9.17) is 17.3 Å². The lowest BCUT2D eigenvalue weighted by atomic mass is 10.1. The lowest BCUT2D eigenvalue weighted by Crippen LogP contribution is -2.39. The summed E-state index contributed by atoms with van der Waals surface area (Å²) in [5, 5.41) is 11.9. The molecule has 2 aromatic rings. The second-order valence-electron chi connectivity index (χ2n) is 6.13. The summed E-state index contributed by atoms with van der Waals surface area (Å²) in [6.07, 6.45) is -0.612. The van der Waals surface area contributed by atoms with E-state index in [1.807, 2.05) is 11.9 Å². The smallest absolute Gasteiger partial charge is 0.242 e. The van der Waals surface area contributed by atoms with Gasteiger partial charge < -0.3 is 15.7 Å². The predicted octanol–water partition coefficient (Wildman–Crippen LogP) is 1.37. The molecule has 0 saturated heterocycles. The van der Waals surface area contributed by atoms with Crippen LogP contribution in [0, 0.1) is 0 Å². The van der Waals surface area contributed by atoms with Gasteiger partial charge in [-0.1, -0.05) is 23.7 Å². The minimum Gasteiger partial charge on any atom is -0.390 e. The van der Waals surface area contributed by atoms with E-state index < -0.39 is 16.1 Å². The van der Waals surface area contributed by atoms with E-state index in [1.165, 1.54) is 4.31 Å². The second kappa shape index (κ2) is 8.44. The zero-order valence-corrected chi connectivity index (χ0v) is 16.0. The van der Waals surface area contributed by atoms with Crippen LogP contribution < -0.4 is 5.73 Å². The molecule has 8 heteroatoms. The zero-order chi connectivity index (χ0) is 18.6. The van der Waals surface area contributed by atoms with Crippen LogP contribution in [0.25, 0.3) is 10.8 Å². The number of hydrogen-bond acceptors (Lipinski definition) is 5. The molecular formula is C17H24ClN3O3S. The quantitative estimate of drug-likeness (QED) is 0.716. The van der Waals surface area contributed by atoms with E-state index in [9.17, 15) is 13.5 Å². The third-order valence-electron chi connectivity index (χ3n) is 4.07. The van der Waals surface area contributed by atoms with Crippen LogP contribution in [0.5, 0.6) is 0 Å². The van der Waals surface area contributed by atoms with Gasteiger partial charge in [-0.15, -0.1) is 0 Å². The van der Waals surface area contributed by atoms with Crippen LogP contribution in [0.2, 0.25) is 5.02 Å². The molecule has 0 bridgehead atoms. The van der Waals surface area contributed by atoms with Crippen molar-refractivity contribution in [3.8, 4) is 0 Å². The van der Waals surface area contributed by atoms with Crippen molar-refractivity contribution < 1.29 is 13.5 Å². The van der Waals surface area contributed by atoms with Crippen molar-refractivity contribution >= 4 is 32.4 Å². The summed E-state index contributed by atoms with van der Waals surface area (Å²) in [6, 6.07) is 10.3. The first-order chi connectivity index (χ1) is 11.7. The van der Waals surface area contributed by atoms with Gasteiger partial charge in [-0.2, -0.15) is 4.31 Å². The summed E-state index contributed by atoms with van der Waals surface area (Å²) in [5.74, 6) is 0. The number of nitrogens with zero attached hydrogens (tertiary/aromatic N) is 2. The van der Waals surface area contributed by atoms with Crippen molar-refractivity contribution in [2.75, 3.05) is 40.3 Å². The van der Waals surface area contributed by atoms with Crippen molar-refractivity contribution in [2.45, 2.75) is 11.0 Å². The number of halogens is 1. The Morgan fingerprint density at radius 1 is 1.12 bits per heavy atom. The Balaban J connectivity index is 2.10. The Morgan fingerprint density at radius 2 is 1.76 bits per heavy atom. The summed E-state index contributed by atoms with van der Waals surface area (Å²) < 4.78 is 26.8. The number of likely N-dealkylation sites (N-methyl/N-ethyl adjacent to an activating group) is 2. The number of sulfonamides is 1. The fourth-order valence-corrected chi connectivity index (χ4v) is 3.87. The highest BCUT2D eigenvalue weighted by Crippen LogP contribution is 2.24. The molecule has 0 saturated carbocycles. The molecule has 0 aliphatic rings. The van der Waals surface area contributed by atoms with Crippen LogP contribution in [-0.2, 0) is 10.0 Å². The number of aliphatic hydroxyl groups excluding tert-OH is 1. The maximum atomic E-state index is 12.7. The Bertz CT molecular complexity index is 829. The van der Waals surface area contributed by atoms with Gasteiger partial charge in [0, 0.05) is 38.2 Å². The maximum absolute atomic E-state index is 12.7. The Kier molecular flexibility index (Phi) is 6.79. The molecule has 1 atom stereocenters. The summed E-state index contributed by atoms with van der Waals surface area (Å²) in [4.78, 5) is 2.10. The molecule has 2 rings (SSSR count). The van der Waals surface area contributed by atoms with Gasteiger partial charge in [0.1, 0.15) is 0 Å². The third kappa shape index (κ3) is 5.13. The van der Waals surface area contributed by atoms with E-state index >= 15 is 0 Å². The molecule has 138 valence electrons. The van der Waals surface area contributed by atoms with Crippen LogP contribution in [-0.4, -0.2) is 69.1 Å². The maximum Gasteiger partial charge on any atom is 0.242 e. The fraction of sp³-hybridized carbons (Fsp3) is 0.412. The highest BCUT2D eigenvalue weighted by atomic mass is 35.5. The molecule has 0 fully saturated rings. The van der Waals surface area contributed by atoms with Gasteiger partial charge in [0.25, 0.3) is 0 Å². The summed E-state index contributed by atoms with van der Waals surface area (Å²) in [6.45, 7) is 1.39. The monoisotopic (exact) mass is 385 g/mol. The van der Waals surface area contributed by atoms with Crippen LogP contribution in [0.1, 0.15) is 0 Å². The predicted molar refractivity (Wildman–Crippen MR) is 101 cm³/mol.